The molecule has 6 heteroatoms. The largest absolute Gasteiger partial charge is 0.494 e. The van der Waals surface area contributed by atoms with Crippen LogP contribution >= 0.6 is 0 Å². The minimum Gasteiger partial charge on any atom is -0.494 e. The van der Waals surface area contributed by atoms with Gasteiger partial charge in [0, 0.05) is 36.9 Å². The lowest BCUT2D eigenvalue weighted by Crippen LogP contribution is -2.36. The fourth-order valence-corrected chi connectivity index (χ4v) is 2.58. The Bertz CT molecular complexity index is 493. The number of alkyl carbamates (subject to hydrolysis) is 1. The number of methoxy groups -OCH3 is 1. The number of rotatable bonds is 5. The molecular formula is C15H23N3O3. The zero-order valence-electron chi connectivity index (χ0n) is 12.6. The number of hydrogen-bond donors (Lipinski definition) is 2. The molecule has 1 unspecified atom stereocenters. The van der Waals surface area contributed by atoms with Gasteiger partial charge in [0.2, 0.25) is 0 Å². The lowest BCUT2D eigenvalue weighted by atomic mass is 10.1. The van der Waals surface area contributed by atoms with Crippen LogP contribution in [0.15, 0.2) is 18.2 Å². The number of nitrogens with zero attached hydrogens (tertiary/aromatic N) is 1. The van der Waals surface area contributed by atoms with Gasteiger partial charge in [-0.05, 0) is 31.5 Å². The van der Waals surface area contributed by atoms with Gasteiger partial charge in [-0.15, -0.1) is 0 Å². The molecule has 0 aliphatic carbocycles. The van der Waals surface area contributed by atoms with Gasteiger partial charge in [-0.25, -0.2) is 4.79 Å². The van der Waals surface area contributed by atoms with Crippen LogP contribution < -0.4 is 15.8 Å². The third-order valence-corrected chi connectivity index (χ3v) is 3.56. The van der Waals surface area contributed by atoms with Gasteiger partial charge < -0.3 is 20.5 Å². The normalized spacial score (nSPS) is 18.5. The van der Waals surface area contributed by atoms with Crippen molar-refractivity contribution in [1.29, 1.82) is 0 Å². The summed E-state index contributed by atoms with van der Waals surface area (Å²) in [7, 11) is 1.38. The van der Waals surface area contributed by atoms with E-state index in [-0.39, 0.29) is 12.1 Å². The molecule has 1 aromatic carbocycles. The van der Waals surface area contributed by atoms with Crippen LogP contribution in [0.5, 0.6) is 5.75 Å². The molecule has 1 aromatic rings. The molecule has 0 aromatic heterocycles. The smallest absolute Gasteiger partial charge is 0.407 e. The second-order valence-corrected chi connectivity index (χ2v) is 5.16. The lowest BCUT2D eigenvalue weighted by molar-refractivity contribution is 0.166. The van der Waals surface area contributed by atoms with E-state index < -0.39 is 0 Å². The van der Waals surface area contributed by atoms with Crippen LogP contribution in [0.25, 0.3) is 0 Å². The SMILES string of the molecule is CCOc1ccc(N)cc1CN1CCC(NC(=O)OC)C1. The zero-order valence-corrected chi connectivity index (χ0v) is 12.6. The highest BCUT2D eigenvalue weighted by Gasteiger charge is 2.24. The zero-order chi connectivity index (χ0) is 15.2. The van der Waals surface area contributed by atoms with Crippen molar-refractivity contribution in [1.82, 2.24) is 10.2 Å². The number of likely N-dealkylation sites (tertiary alicyclic amines) is 1. The number of anilines is 1. The van der Waals surface area contributed by atoms with E-state index in [9.17, 15) is 4.79 Å². The molecule has 1 aliphatic heterocycles. The summed E-state index contributed by atoms with van der Waals surface area (Å²) in [5, 5.41) is 2.84. The van der Waals surface area contributed by atoms with E-state index in [0.717, 1.165) is 43.1 Å². The number of amides is 1. The van der Waals surface area contributed by atoms with Gasteiger partial charge in [-0.3, -0.25) is 4.90 Å². The summed E-state index contributed by atoms with van der Waals surface area (Å²) < 4.78 is 10.3. The van der Waals surface area contributed by atoms with Crippen LogP contribution in [0.4, 0.5) is 10.5 Å². The maximum atomic E-state index is 11.2. The predicted molar refractivity (Wildman–Crippen MR) is 81.2 cm³/mol. The monoisotopic (exact) mass is 293 g/mol. The predicted octanol–water partition coefficient (Wildman–Crippen LogP) is 1.60. The van der Waals surface area contributed by atoms with E-state index in [4.69, 9.17) is 10.5 Å². The Hall–Kier alpha value is -1.95. The van der Waals surface area contributed by atoms with Crippen molar-refractivity contribution in [3.63, 3.8) is 0 Å². The van der Waals surface area contributed by atoms with Crippen molar-refractivity contribution in [3.05, 3.63) is 23.8 Å². The summed E-state index contributed by atoms with van der Waals surface area (Å²) in [6, 6.07) is 5.84. The molecule has 0 saturated carbocycles. The van der Waals surface area contributed by atoms with E-state index in [1.54, 1.807) is 0 Å². The van der Waals surface area contributed by atoms with Crippen LogP contribution in [0, 0.1) is 0 Å². The number of ether oxygens (including phenoxy) is 2. The Morgan fingerprint density at radius 1 is 1.52 bits per heavy atom. The first kappa shape index (κ1) is 15.4. The number of benzene rings is 1. The second-order valence-electron chi connectivity index (χ2n) is 5.16. The highest BCUT2D eigenvalue weighted by molar-refractivity contribution is 5.67. The minimum absolute atomic E-state index is 0.133. The maximum absolute atomic E-state index is 11.2. The van der Waals surface area contributed by atoms with Gasteiger partial charge in [-0.1, -0.05) is 0 Å². The highest BCUT2D eigenvalue weighted by atomic mass is 16.5. The van der Waals surface area contributed by atoms with Crippen molar-refractivity contribution in [2.75, 3.05) is 32.5 Å². The molecule has 21 heavy (non-hydrogen) atoms. The van der Waals surface area contributed by atoms with Crippen molar-refractivity contribution >= 4 is 11.8 Å². The molecular weight excluding hydrogens is 270 g/mol. The van der Waals surface area contributed by atoms with Gasteiger partial charge in [0.1, 0.15) is 5.75 Å². The van der Waals surface area contributed by atoms with E-state index >= 15 is 0 Å². The van der Waals surface area contributed by atoms with Gasteiger partial charge in [0.15, 0.2) is 0 Å². The number of nitrogens with one attached hydrogen (secondary N) is 1. The van der Waals surface area contributed by atoms with Crippen molar-refractivity contribution in [3.8, 4) is 5.75 Å². The number of hydrogen-bond acceptors (Lipinski definition) is 5. The second kappa shape index (κ2) is 7.17. The van der Waals surface area contributed by atoms with Crippen molar-refractivity contribution in [2.24, 2.45) is 0 Å². The minimum atomic E-state index is -0.374. The first-order chi connectivity index (χ1) is 10.1. The first-order valence-electron chi connectivity index (χ1n) is 7.20. The summed E-state index contributed by atoms with van der Waals surface area (Å²) in [6.07, 6.45) is 0.544. The van der Waals surface area contributed by atoms with Crippen molar-refractivity contribution < 1.29 is 14.3 Å². The Morgan fingerprint density at radius 3 is 3.05 bits per heavy atom. The van der Waals surface area contributed by atoms with Crippen LogP contribution in [-0.4, -0.2) is 43.8 Å². The molecule has 1 aliphatic rings. The topological polar surface area (TPSA) is 76.8 Å². The number of nitrogens with two attached hydrogens (primary N) is 1. The summed E-state index contributed by atoms with van der Waals surface area (Å²) in [5.74, 6) is 0.871. The lowest BCUT2D eigenvalue weighted by Gasteiger charge is -2.19. The summed E-state index contributed by atoms with van der Waals surface area (Å²) in [5.41, 5.74) is 7.67. The quantitative estimate of drug-likeness (QED) is 0.806. The molecule has 1 heterocycles. The molecule has 1 atom stereocenters. The van der Waals surface area contributed by atoms with E-state index in [1.807, 2.05) is 25.1 Å². The molecule has 116 valence electrons. The van der Waals surface area contributed by atoms with Gasteiger partial charge >= 0.3 is 6.09 Å². The van der Waals surface area contributed by atoms with Gasteiger partial charge in [0.05, 0.1) is 13.7 Å². The highest BCUT2D eigenvalue weighted by Crippen LogP contribution is 2.24. The number of carbonyl (C=O) groups excluding carboxylic acids is 1. The average Bonchev–Trinajstić information content (AvgIpc) is 2.89. The molecule has 2 rings (SSSR count). The van der Waals surface area contributed by atoms with Crippen LogP contribution in [-0.2, 0) is 11.3 Å². The Kier molecular flexibility index (Phi) is 5.27. The van der Waals surface area contributed by atoms with E-state index in [0.29, 0.717) is 6.61 Å². The maximum Gasteiger partial charge on any atom is 0.407 e. The molecule has 1 saturated heterocycles. The fraction of sp³-hybridized carbons (Fsp3) is 0.533. The van der Waals surface area contributed by atoms with Crippen LogP contribution in [0.3, 0.4) is 0 Å². The summed E-state index contributed by atoms with van der Waals surface area (Å²) in [6.45, 7) is 5.08. The van der Waals surface area contributed by atoms with Crippen molar-refractivity contribution in [2.45, 2.75) is 25.9 Å². The van der Waals surface area contributed by atoms with Crippen LogP contribution in [0.1, 0.15) is 18.9 Å². The average molecular weight is 293 g/mol. The molecule has 0 bridgehead atoms. The fourth-order valence-electron chi connectivity index (χ4n) is 2.58. The molecule has 0 spiro atoms. The standard InChI is InChI=1S/C15H23N3O3/c1-3-21-14-5-4-12(16)8-11(14)9-18-7-6-13(10-18)17-15(19)20-2/h4-5,8,13H,3,6-7,9-10,16H2,1-2H3,(H,17,19). The van der Waals surface area contributed by atoms with Gasteiger partial charge in [0.25, 0.3) is 0 Å². The molecule has 1 amide bonds. The molecule has 3 N–H and O–H groups in total. The van der Waals surface area contributed by atoms with Crippen LogP contribution in [0.2, 0.25) is 0 Å². The third-order valence-electron chi connectivity index (χ3n) is 3.56. The van der Waals surface area contributed by atoms with E-state index in [2.05, 4.69) is 15.0 Å². The summed E-state index contributed by atoms with van der Waals surface area (Å²) >= 11 is 0. The van der Waals surface area contributed by atoms with E-state index in [1.165, 1.54) is 7.11 Å². The Balaban J connectivity index is 1.96. The molecule has 0 radical (unpaired) electrons. The number of carbonyl (C=O) groups is 1. The number of nitrogen functional groups attached to an aromatic ring is 1. The third kappa shape index (κ3) is 4.26. The molecule has 1 fully saturated rings. The first-order valence-corrected chi connectivity index (χ1v) is 7.20. The van der Waals surface area contributed by atoms with Gasteiger partial charge in [-0.2, -0.15) is 0 Å². The Morgan fingerprint density at radius 2 is 2.33 bits per heavy atom. The molecule has 6 nitrogen and oxygen atoms in total. The Labute approximate surface area is 125 Å². The summed E-state index contributed by atoms with van der Waals surface area (Å²) in [4.78, 5) is 13.5.